The topological polar surface area (TPSA) is 250 Å². The maximum absolute atomic E-state index is 13.1. The van der Waals surface area contributed by atoms with E-state index in [4.69, 9.17) is 33.7 Å². The second-order valence-electron chi connectivity index (χ2n) is 14.6. The van der Waals surface area contributed by atoms with Gasteiger partial charge in [0.25, 0.3) is 0 Å². The molecule has 58 heavy (non-hydrogen) atoms. The summed E-state index contributed by atoms with van der Waals surface area (Å²) in [4.78, 5) is 18.6. The third kappa shape index (κ3) is 13.6. The largest absolute Gasteiger partial charge is 0.494 e. The van der Waals surface area contributed by atoms with E-state index in [0.717, 1.165) is 25.6 Å². The SMILES string of the molecule is CCCCCCCCCCCCCCCCCCOC[C@H](COP(=O)(O)OC[C@H]1O[C@@](C#N)(c2ccc3c(N)ncnn23)[C@H](O)[C@@H]1O)Oc1cnc(C#N)c(OC)c1. The number of ether oxygens (including phenoxy) is 4. The van der Waals surface area contributed by atoms with E-state index < -0.39 is 51.1 Å². The number of hydrogen-bond acceptors (Lipinski definition) is 15. The van der Waals surface area contributed by atoms with Crippen LogP contribution >= 0.6 is 7.82 Å². The Morgan fingerprint density at radius 2 is 1.59 bits per heavy atom. The molecule has 0 saturated carbocycles. The van der Waals surface area contributed by atoms with Gasteiger partial charge in [0.05, 0.1) is 38.8 Å². The van der Waals surface area contributed by atoms with E-state index in [0.29, 0.717) is 12.1 Å². The molecule has 1 unspecified atom stereocenters. The quantitative estimate of drug-likeness (QED) is 0.0443. The Morgan fingerprint density at radius 3 is 2.19 bits per heavy atom. The second kappa shape index (κ2) is 24.2. The number of pyridine rings is 1. The normalized spacial score (nSPS) is 20.7. The molecule has 1 saturated heterocycles. The van der Waals surface area contributed by atoms with Gasteiger partial charge in [0, 0.05) is 12.7 Å². The van der Waals surface area contributed by atoms with Gasteiger partial charge in [-0.2, -0.15) is 15.6 Å². The predicted octanol–water partition coefficient (Wildman–Crippen LogP) is 6.29. The van der Waals surface area contributed by atoms with E-state index in [1.165, 1.54) is 119 Å². The summed E-state index contributed by atoms with van der Waals surface area (Å²) < 4.78 is 47.7. The number of rotatable bonds is 29. The molecule has 320 valence electrons. The summed E-state index contributed by atoms with van der Waals surface area (Å²) in [6.07, 6.45) is 16.8. The Bertz CT molecular complexity index is 1820. The van der Waals surface area contributed by atoms with Crippen molar-refractivity contribution in [1.29, 1.82) is 10.5 Å². The highest BCUT2D eigenvalue weighted by Crippen LogP contribution is 2.46. The summed E-state index contributed by atoms with van der Waals surface area (Å²) in [6.45, 7) is 1.49. The van der Waals surface area contributed by atoms with Crippen molar-refractivity contribution in [2.45, 2.75) is 140 Å². The molecule has 6 atom stereocenters. The van der Waals surface area contributed by atoms with Crippen LogP contribution in [0.15, 0.2) is 30.7 Å². The minimum atomic E-state index is -4.83. The first-order valence-corrected chi connectivity index (χ1v) is 21.9. The molecule has 17 nitrogen and oxygen atoms in total. The zero-order chi connectivity index (χ0) is 41.8. The summed E-state index contributed by atoms with van der Waals surface area (Å²) in [5.74, 6) is 0.501. The number of methoxy groups -OCH3 is 1. The van der Waals surface area contributed by atoms with Crippen molar-refractivity contribution >= 4 is 19.2 Å². The van der Waals surface area contributed by atoms with Crippen molar-refractivity contribution < 1.29 is 47.7 Å². The highest BCUT2D eigenvalue weighted by Gasteiger charge is 2.58. The van der Waals surface area contributed by atoms with Gasteiger partial charge in [-0.15, -0.1) is 0 Å². The minimum absolute atomic E-state index is 0.0122. The van der Waals surface area contributed by atoms with Crippen molar-refractivity contribution in [2.24, 2.45) is 0 Å². The number of anilines is 1. The number of aromatic nitrogens is 4. The molecule has 0 radical (unpaired) electrons. The molecule has 0 aliphatic carbocycles. The summed E-state index contributed by atoms with van der Waals surface area (Å²) in [7, 11) is -3.44. The van der Waals surface area contributed by atoms with Crippen molar-refractivity contribution in [3.63, 3.8) is 0 Å². The van der Waals surface area contributed by atoms with Crippen LogP contribution in [0.25, 0.3) is 5.52 Å². The number of hydrogen-bond donors (Lipinski definition) is 4. The number of nitrogens with two attached hydrogens (primary N) is 1. The lowest BCUT2D eigenvalue weighted by Crippen LogP contribution is -2.41. The second-order valence-corrected chi connectivity index (χ2v) is 16.1. The summed E-state index contributed by atoms with van der Waals surface area (Å²) in [6, 6.07) is 8.27. The van der Waals surface area contributed by atoms with Gasteiger partial charge in [0.15, 0.2) is 17.3 Å². The average molecular weight is 830 g/mol. The smallest absolute Gasteiger partial charge is 0.472 e. The number of nitrogens with zero attached hydrogens (tertiary/aromatic N) is 6. The number of aliphatic hydroxyl groups excluding tert-OH is 2. The van der Waals surface area contributed by atoms with Gasteiger partial charge in [0.1, 0.15) is 54.1 Å². The fourth-order valence-corrected chi connectivity index (χ4v) is 7.70. The fourth-order valence-electron chi connectivity index (χ4n) is 6.94. The fraction of sp³-hybridized carbons (Fsp3) is 0.675. The zero-order valence-electron chi connectivity index (χ0n) is 33.7. The number of nitrogen functional groups attached to an aromatic ring is 1. The summed E-state index contributed by atoms with van der Waals surface area (Å²) in [5, 5.41) is 45.3. The first-order chi connectivity index (χ1) is 28.1. The Labute approximate surface area is 341 Å². The number of aliphatic hydroxyl groups is 2. The number of nitriles is 2. The van der Waals surface area contributed by atoms with Gasteiger partial charge in [-0.05, 0) is 18.6 Å². The van der Waals surface area contributed by atoms with Crippen LogP contribution in [0.1, 0.15) is 121 Å². The number of unbranched alkanes of at least 4 members (excludes halogenated alkanes) is 15. The number of phosphoric ester groups is 1. The molecule has 4 heterocycles. The molecule has 0 spiro atoms. The van der Waals surface area contributed by atoms with E-state index in [1.54, 1.807) is 0 Å². The first-order valence-electron chi connectivity index (χ1n) is 20.4. The van der Waals surface area contributed by atoms with Crippen LogP contribution in [0.2, 0.25) is 0 Å². The molecule has 0 amide bonds. The Balaban J connectivity index is 1.22. The highest BCUT2D eigenvalue weighted by atomic mass is 31.2. The molecule has 5 N–H and O–H groups in total. The van der Waals surface area contributed by atoms with Crippen molar-refractivity contribution in [2.75, 3.05) is 39.3 Å². The lowest BCUT2D eigenvalue weighted by atomic mass is 9.92. The van der Waals surface area contributed by atoms with E-state index in [-0.39, 0.29) is 35.3 Å². The lowest BCUT2D eigenvalue weighted by molar-refractivity contribution is -0.0651. The summed E-state index contributed by atoms with van der Waals surface area (Å²) >= 11 is 0. The van der Waals surface area contributed by atoms with Crippen LogP contribution in [0.3, 0.4) is 0 Å². The minimum Gasteiger partial charge on any atom is -0.494 e. The Morgan fingerprint density at radius 1 is 0.948 bits per heavy atom. The Kier molecular flexibility index (Phi) is 19.6. The number of fused-ring (bicyclic) bond motifs is 1. The van der Waals surface area contributed by atoms with Crippen molar-refractivity contribution in [1.82, 2.24) is 19.6 Å². The zero-order valence-corrected chi connectivity index (χ0v) is 34.6. The van der Waals surface area contributed by atoms with Crippen LogP contribution in [0.4, 0.5) is 5.82 Å². The molecule has 4 rings (SSSR count). The maximum Gasteiger partial charge on any atom is 0.472 e. The van der Waals surface area contributed by atoms with Crippen LogP contribution < -0.4 is 15.2 Å². The van der Waals surface area contributed by atoms with Gasteiger partial charge in [-0.3, -0.25) is 9.05 Å². The van der Waals surface area contributed by atoms with Crippen LogP contribution in [0, 0.1) is 22.7 Å². The van der Waals surface area contributed by atoms with Gasteiger partial charge in [-0.1, -0.05) is 103 Å². The molecule has 3 aromatic rings. The van der Waals surface area contributed by atoms with E-state index in [2.05, 4.69) is 22.0 Å². The molecular weight excluding hydrogens is 769 g/mol. The lowest BCUT2D eigenvalue weighted by Gasteiger charge is -2.24. The van der Waals surface area contributed by atoms with E-state index >= 15 is 0 Å². The monoisotopic (exact) mass is 829 g/mol. The van der Waals surface area contributed by atoms with Gasteiger partial charge in [0.2, 0.25) is 5.60 Å². The third-order valence-corrected chi connectivity index (χ3v) is 11.2. The molecule has 18 heteroatoms. The predicted molar refractivity (Wildman–Crippen MR) is 214 cm³/mol. The van der Waals surface area contributed by atoms with Crippen LogP contribution in [-0.2, 0) is 28.7 Å². The van der Waals surface area contributed by atoms with Crippen molar-refractivity contribution in [3.05, 3.63) is 42.1 Å². The first kappa shape index (κ1) is 46.8. The standard InChI is InChI=1S/C40H60N7O10P/c1-3-4-5-6-7-8-9-10-11-12-13-14-15-16-17-18-21-53-25-31(56-30-22-34(52-2)32(23-41)44-24-30)26-54-58(50,51)55-27-35-37(48)38(49)40(28-42,57-35)36-20-19-33-39(43)45-29-46-47(33)36/h19-20,22,24,29,31,35,37-38,48-49H,3-18,21,25-27H2,1-2H3,(H,50,51)(H2,43,45,46)/t31-,35-,37-,38-,40+/m1/s1. The molecule has 1 fully saturated rings. The highest BCUT2D eigenvalue weighted by molar-refractivity contribution is 7.47. The third-order valence-electron chi connectivity index (χ3n) is 10.2. The molecule has 0 bridgehead atoms. The van der Waals surface area contributed by atoms with E-state index in [1.807, 2.05) is 12.1 Å². The van der Waals surface area contributed by atoms with Gasteiger partial charge in [-0.25, -0.2) is 19.0 Å². The van der Waals surface area contributed by atoms with E-state index in [9.17, 15) is 30.2 Å². The van der Waals surface area contributed by atoms with Gasteiger partial charge >= 0.3 is 7.82 Å². The van der Waals surface area contributed by atoms with Gasteiger partial charge < -0.3 is 39.8 Å². The summed E-state index contributed by atoms with van der Waals surface area (Å²) in [5.41, 5.74) is 4.24. The average Bonchev–Trinajstić information content (AvgIpc) is 3.77. The number of phosphoric acid groups is 1. The molecule has 3 aromatic heterocycles. The molecule has 0 aromatic carbocycles. The van der Waals surface area contributed by atoms with Crippen LogP contribution in [-0.4, -0.2) is 92.6 Å². The molecule has 1 aliphatic heterocycles. The van der Waals surface area contributed by atoms with Crippen molar-refractivity contribution in [3.8, 4) is 23.6 Å². The molecular formula is C40H60N7O10P. The van der Waals surface area contributed by atoms with Crippen LogP contribution in [0.5, 0.6) is 11.5 Å². The Hall–Kier alpha value is -3.90. The maximum atomic E-state index is 13.1. The molecule has 1 aliphatic rings.